The molecule has 0 radical (unpaired) electrons. The molecule has 0 saturated carbocycles. The molecular formula is C11H15FN2O2. The zero-order valence-electron chi connectivity index (χ0n) is 8.95. The Labute approximate surface area is 93.5 Å². The number of pyridine rings is 1. The highest BCUT2D eigenvalue weighted by molar-refractivity contribution is 5.35. The molecule has 0 aromatic carbocycles. The van der Waals surface area contributed by atoms with Crippen molar-refractivity contribution < 1.29 is 14.2 Å². The van der Waals surface area contributed by atoms with Crippen molar-refractivity contribution >= 4 is 5.82 Å². The van der Waals surface area contributed by atoms with Crippen LogP contribution in [0.3, 0.4) is 0 Å². The molecule has 0 spiro atoms. The van der Waals surface area contributed by atoms with Crippen LogP contribution in [-0.4, -0.2) is 35.5 Å². The van der Waals surface area contributed by atoms with Gasteiger partial charge in [-0.3, -0.25) is 0 Å². The Kier molecular flexibility index (Phi) is 3.36. The van der Waals surface area contributed by atoms with Gasteiger partial charge in [0.05, 0.1) is 5.60 Å². The summed E-state index contributed by atoms with van der Waals surface area (Å²) in [4.78, 5) is 3.87. The molecule has 1 aliphatic heterocycles. The largest absolute Gasteiger partial charge is 0.388 e. The van der Waals surface area contributed by atoms with E-state index in [0.29, 0.717) is 32.6 Å². The van der Waals surface area contributed by atoms with E-state index in [-0.39, 0.29) is 5.82 Å². The van der Waals surface area contributed by atoms with Crippen molar-refractivity contribution in [2.45, 2.75) is 18.4 Å². The SMILES string of the molecule is OC1(CNc2ncccc2F)CCOCC1. The minimum Gasteiger partial charge on any atom is -0.388 e. The van der Waals surface area contributed by atoms with Gasteiger partial charge in [-0.25, -0.2) is 9.37 Å². The van der Waals surface area contributed by atoms with E-state index in [2.05, 4.69) is 10.3 Å². The first-order chi connectivity index (χ1) is 7.70. The monoisotopic (exact) mass is 226 g/mol. The molecule has 0 unspecified atom stereocenters. The van der Waals surface area contributed by atoms with Gasteiger partial charge in [0.25, 0.3) is 0 Å². The van der Waals surface area contributed by atoms with Gasteiger partial charge >= 0.3 is 0 Å². The van der Waals surface area contributed by atoms with E-state index in [1.54, 1.807) is 0 Å². The summed E-state index contributed by atoms with van der Waals surface area (Å²) in [6.45, 7) is 1.38. The normalized spacial score (nSPS) is 19.4. The van der Waals surface area contributed by atoms with Crippen LogP contribution < -0.4 is 5.32 Å². The zero-order valence-corrected chi connectivity index (χ0v) is 8.95. The maximum atomic E-state index is 13.2. The number of rotatable bonds is 3. The second kappa shape index (κ2) is 4.76. The quantitative estimate of drug-likeness (QED) is 0.812. The van der Waals surface area contributed by atoms with Gasteiger partial charge in [-0.15, -0.1) is 0 Å². The molecule has 2 rings (SSSR count). The Morgan fingerprint density at radius 1 is 1.50 bits per heavy atom. The van der Waals surface area contributed by atoms with Crippen molar-refractivity contribution in [1.29, 1.82) is 0 Å². The Morgan fingerprint density at radius 2 is 2.25 bits per heavy atom. The second-order valence-corrected chi connectivity index (χ2v) is 4.02. The van der Waals surface area contributed by atoms with Crippen LogP contribution in [0.1, 0.15) is 12.8 Å². The highest BCUT2D eigenvalue weighted by Crippen LogP contribution is 2.21. The van der Waals surface area contributed by atoms with Crippen LogP contribution in [0.2, 0.25) is 0 Å². The molecule has 1 aromatic heterocycles. The first kappa shape index (κ1) is 11.3. The summed E-state index contributed by atoms with van der Waals surface area (Å²) in [7, 11) is 0. The molecule has 1 fully saturated rings. The molecule has 2 N–H and O–H groups in total. The molecule has 0 aliphatic carbocycles. The first-order valence-electron chi connectivity index (χ1n) is 5.34. The molecule has 4 nitrogen and oxygen atoms in total. The Bertz CT molecular complexity index is 354. The average molecular weight is 226 g/mol. The molecule has 1 aliphatic rings. The summed E-state index contributed by atoms with van der Waals surface area (Å²) in [6, 6.07) is 2.87. The molecule has 16 heavy (non-hydrogen) atoms. The number of hydrogen-bond acceptors (Lipinski definition) is 4. The van der Waals surface area contributed by atoms with E-state index in [1.807, 2.05) is 0 Å². The second-order valence-electron chi connectivity index (χ2n) is 4.02. The third kappa shape index (κ3) is 2.68. The van der Waals surface area contributed by atoms with E-state index < -0.39 is 11.4 Å². The minimum absolute atomic E-state index is 0.183. The lowest BCUT2D eigenvalue weighted by Gasteiger charge is -2.32. The number of aromatic nitrogens is 1. The Morgan fingerprint density at radius 3 is 2.94 bits per heavy atom. The fourth-order valence-electron chi connectivity index (χ4n) is 1.69. The smallest absolute Gasteiger partial charge is 0.165 e. The van der Waals surface area contributed by atoms with Crippen LogP contribution in [0.4, 0.5) is 10.2 Å². The third-order valence-electron chi connectivity index (χ3n) is 2.77. The number of halogens is 1. The predicted octanol–water partition coefficient (Wildman–Crippen LogP) is 1.17. The van der Waals surface area contributed by atoms with Gasteiger partial charge in [0.15, 0.2) is 11.6 Å². The molecule has 0 amide bonds. The van der Waals surface area contributed by atoms with Crippen molar-refractivity contribution in [3.8, 4) is 0 Å². The predicted molar refractivity (Wildman–Crippen MR) is 57.7 cm³/mol. The van der Waals surface area contributed by atoms with Crippen LogP contribution in [0, 0.1) is 5.82 Å². The molecule has 1 aromatic rings. The number of aliphatic hydroxyl groups is 1. The van der Waals surface area contributed by atoms with Crippen molar-refractivity contribution in [1.82, 2.24) is 4.98 Å². The summed E-state index contributed by atoms with van der Waals surface area (Å²) in [5, 5.41) is 13.0. The molecule has 88 valence electrons. The van der Waals surface area contributed by atoms with Gasteiger partial charge in [0.1, 0.15) is 0 Å². The molecule has 5 heteroatoms. The van der Waals surface area contributed by atoms with Crippen molar-refractivity contribution in [3.05, 3.63) is 24.1 Å². The van der Waals surface area contributed by atoms with Crippen molar-refractivity contribution in [2.24, 2.45) is 0 Å². The lowest BCUT2D eigenvalue weighted by Crippen LogP contribution is -2.42. The summed E-state index contributed by atoms with van der Waals surface area (Å²) >= 11 is 0. The first-order valence-corrected chi connectivity index (χ1v) is 5.34. The van der Waals surface area contributed by atoms with Crippen LogP contribution in [-0.2, 0) is 4.74 Å². The third-order valence-corrected chi connectivity index (χ3v) is 2.77. The summed E-state index contributed by atoms with van der Waals surface area (Å²) in [5.41, 5.74) is -0.817. The maximum Gasteiger partial charge on any atom is 0.165 e. The van der Waals surface area contributed by atoms with E-state index in [4.69, 9.17) is 4.74 Å². The lowest BCUT2D eigenvalue weighted by atomic mass is 9.94. The molecule has 0 bridgehead atoms. The molecule has 2 heterocycles. The average Bonchev–Trinajstić information content (AvgIpc) is 2.29. The highest BCUT2D eigenvalue weighted by Gasteiger charge is 2.29. The number of ether oxygens (including phenoxy) is 1. The topological polar surface area (TPSA) is 54.4 Å². The number of anilines is 1. The zero-order chi connectivity index (χ0) is 11.4. The van der Waals surface area contributed by atoms with Gasteiger partial charge < -0.3 is 15.2 Å². The van der Waals surface area contributed by atoms with Crippen molar-refractivity contribution in [2.75, 3.05) is 25.1 Å². The van der Waals surface area contributed by atoms with Crippen LogP contribution >= 0.6 is 0 Å². The summed E-state index contributed by atoms with van der Waals surface area (Å²) in [5.74, 6) is -0.222. The standard InChI is InChI=1S/C11H15FN2O2/c12-9-2-1-5-13-10(9)14-8-11(15)3-6-16-7-4-11/h1-2,5,15H,3-4,6-8H2,(H,13,14). The summed E-state index contributed by atoms with van der Waals surface area (Å²) < 4.78 is 18.4. The Balaban J connectivity index is 1.94. The van der Waals surface area contributed by atoms with E-state index in [9.17, 15) is 9.50 Å². The Hall–Kier alpha value is -1.20. The lowest BCUT2D eigenvalue weighted by molar-refractivity contribution is -0.0544. The minimum atomic E-state index is -0.817. The van der Waals surface area contributed by atoms with Crippen LogP contribution in [0.25, 0.3) is 0 Å². The fraction of sp³-hybridized carbons (Fsp3) is 0.545. The van der Waals surface area contributed by atoms with Crippen molar-refractivity contribution in [3.63, 3.8) is 0 Å². The van der Waals surface area contributed by atoms with Gasteiger partial charge in [-0.2, -0.15) is 0 Å². The van der Waals surface area contributed by atoms with Crippen LogP contribution in [0.15, 0.2) is 18.3 Å². The fourth-order valence-corrected chi connectivity index (χ4v) is 1.69. The van der Waals surface area contributed by atoms with E-state index in [0.717, 1.165) is 0 Å². The molecule has 1 saturated heterocycles. The number of hydrogen-bond donors (Lipinski definition) is 2. The number of nitrogens with one attached hydrogen (secondary N) is 1. The van der Waals surface area contributed by atoms with Crippen LogP contribution in [0.5, 0.6) is 0 Å². The van der Waals surface area contributed by atoms with E-state index >= 15 is 0 Å². The molecular weight excluding hydrogens is 211 g/mol. The number of nitrogens with zero attached hydrogens (tertiary/aromatic N) is 1. The van der Waals surface area contributed by atoms with Gasteiger partial charge in [0.2, 0.25) is 0 Å². The van der Waals surface area contributed by atoms with Gasteiger partial charge in [0, 0.05) is 38.8 Å². The maximum absolute atomic E-state index is 13.2. The summed E-state index contributed by atoms with van der Waals surface area (Å²) in [6.07, 6.45) is 2.64. The highest BCUT2D eigenvalue weighted by atomic mass is 19.1. The van der Waals surface area contributed by atoms with Gasteiger partial charge in [-0.1, -0.05) is 0 Å². The van der Waals surface area contributed by atoms with Gasteiger partial charge in [-0.05, 0) is 12.1 Å². The molecule has 0 atom stereocenters. The van der Waals surface area contributed by atoms with E-state index in [1.165, 1.54) is 18.3 Å².